The number of aromatic amines is 1. The summed E-state index contributed by atoms with van der Waals surface area (Å²) < 4.78 is 1.91. The van der Waals surface area contributed by atoms with Gasteiger partial charge in [-0.25, -0.2) is 9.78 Å². The second kappa shape index (κ2) is 8.72. The maximum Gasteiger partial charge on any atom is 0.407 e. The van der Waals surface area contributed by atoms with Crippen molar-refractivity contribution < 1.29 is 14.7 Å². The quantitative estimate of drug-likeness (QED) is 0.398. The number of rotatable bonds is 4. The molecule has 4 aromatic rings. The number of H-pyrrole nitrogens is 1. The normalized spacial score (nSPS) is 19.2. The Morgan fingerprint density at radius 1 is 1.08 bits per heavy atom. The van der Waals surface area contributed by atoms with Crippen LogP contribution in [0.2, 0.25) is 0 Å². The van der Waals surface area contributed by atoms with Crippen molar-refractivity contribution in [1.82, 2.24) is 29.5 Å². The third-order valence-corrected chi connectivity index (χ3v) is 8.36. The molecule has 9 heteroatoms. The second-order valence-corrected chi connectivity index (χ2v) is 10.8. The van der Waals surface area contributed by atoms with E-state index in [-0.39, 0.29) is 11.9 Å². The van der Waals surface area contributed by atoms with E-state index in [0.29, 0.717) is 31.2 Å². The molecule has 7 rings (SSSR count). The van der Waals surface area contributed by atoms with Crippen molar-refractivity contribution in [2.45, 2.75) is 57.7 Å². The van der Waals surface area contributed by atoms with E-state index in [1.54, 1.807) is 11.1 Å². The lowest BCUT2D eigenvalue weighted by molar-refractivity contribution is 0.0732. The van der Waals surface area contributed by atoms with Crippen molar-refractivity contribution in [3.05, 3.63) is 70.8 Å². The Morgan fingerprint density at radius 2 is 1.95 bits per heavy atom. The Labute approximate surface area is 220 Å². The van der Waals surface area contributed by atoms with Crippen LogP contribution in [0.1, 0.15) is 70.4 Å². The van der Waals surface area contributed by atoms with Crippen molar-refractivity contribution in [3.8, 4) is 11.1 Å². The summed E-state index contributed by atoms with van der Waals surface area (Å²) in [7, 11) is 0. The molecule has 1 aliphatic carbocycles. The number of carboxylic acid groups (broad SMARTS) is 1. The maximum absolute atomic E-state index is 13.4. The highest BCUT2D eigenvalue weighted by molar-refractivity contribution is 5.94. The number of benzene rings is 1. The van der Waals surface area contributed by atoms with E-state index in [0.717, 1.165) is 71.0 Å². The number of nitrogens with zero attached hydrogens (tertiary/aromatic N) is 5. The molecule has 1 saturated heterocycles. The third-order valence-electron chi connectivity index (χ3n) is 8.36. The van der Waals surface area contributed by atoms with Gasteiger partial charge in [-0.3, -0.25) is 9.48 Å². The van der Waals surface area contributed by atoms with Crippen LogP contribution >= 0.6 is 0 Å². The third kappa shape index (κ3) is 3.84. The molecule has 3 aromatic heterocycles. The first-order chi connectivity index (χ1) is 18.5. The van der Waals surface area contributed by atoms with Gasteiger partial charge in [0.25, 0.3) is 5.91 Å². The fraction of sp³-hybridized carbons (Fsp3) is 0.379. The molecule has 1 aromatic carbocycles. The molecule has 2 N–H and O–H groups in total. The van der Waals surface area contributed by atoms with Gasteiger partial charge in [0, 0.05) is 49.2 Å². The summed E-state index contributed by atoms with van der Waals surface area (Å²) in [6, 6.07) is 6.70. The predicted octanol–water partition coefficient (Wildman–Crippen LogP) is 5.08. The summed E-state index contributed by atoms with van der Waals surface area (Å²) in [5.74, 6) is -0.0170. The van der Waals surface area contributed by atoms with Crippen molar-refractivity contribution in [2.75, 3.05) is 13.1 Å². The topological polar surface area (TPSA) is 107 Å². The highest BCUT2D eigenvalue weighted by Crippen LogP contribution is 2.40. The number of aromatic nitrogens is 4. The van der Waals surface area contributed by atoms with Crippen LogP contribution in [0.15, 0.2) is 43.0 Å². The van der Waals surface area contributed by atoms with Gasteiger partial charge >= 0.3 is 6.09 Å². The number of amides is 2. The van der Waals surface area contributed by atoms with Crippen LogP contribution in [-0.4, -0.2) is 59.7 Å². The minimum atomic E-state index is -0.895. The molecule has 0 radical (unpaired) electrons. The van der Waals surface area contributed by atoms with Gasteiger partial charge in [0.2, 0.25) is 0 Å². The summed E-state index contributed by atoms with van der Waals surface area (Å²) >= 11 is 0. The van der Waals surface area contributed by atoms with Crippen molar-refractivity contribution in [3.63, 3.8) is 0 Å². The molecule has 0 unspecified atom stereocenters. The lowest BCUT2D eigenvalue weighted by atomic mass is 9.86. The van der Waals surface area contributed by atoms with Crippen LogP contribution in [0.5, 0.6) is 0 Å². The maximum atomic E-state index is 13.4. The molecule has 9 nitrogen and oxygen atoms in total. The zero-order chi connectivity index (χ0) is 26.0. The average molecular weight is 511 g/mol. The van der Waals surface area contributed by atoms with E-state index in [4.69, 9.17) is 0 Å². The molecular formula is C29H30N6O3. The Hall–Kier alpha value is -4.14. The summed E-state index contributed by atoms with van der Waals surface area (Å²) in [6.45, 7) is 3.67. The number of hydrogen-bond donors (Lipinski definition) is 2. The van der Waals surface area contributed by atoms with Crippen molar-refractivity contribution in [1.29, 1.82) is 0 Å². The number of carbonyl (C=O) groups excluding carboxylic acids is 1. The van der Waals surface area contributed by atoms with E-state index in [1.807, 2.05) is 28.2 Å². The first kappa shape index (κ1) is 23.0. The number of hydrogen-bond acceptors (Lipinski definition) is 4. The summed E-state index contributed by atoms with van der Waals surface area (Å²) in [5, 5.41) is 15.4. The van der Waals surface area contributed by atoms with E-state index in [9.17, 15) is 14.7 Å². The molecule has 38 heavy (non-hydrogen) atoms. The molecular weight excluding hydrogens is 480 g/mol. The van der Waals surface area contributed by atoms with E-state index < -0.39 is 6.09 Å². The Kier molecular flexibility index (Phi) is 5.28. The predicted molar refractivity (Wildman–Crippen MR) is 142 cm³/mol. The molecule has 0 spiro atoms. The fourth-order valence-corrected chi connectivity index (χ4v) is 6.12. The van der Waals surface area contributed by atoms with Crippen LogP contribution in [0.25, 0.3) is 22.2 Å². The minimum Gasteiger partial charge on any atom is -0.465 e. The molecule has 5 heterocycles. The van der Waals surface area contributed by atoms with E-state index >= 15 is 0 Å². The van der Waals surface area contributed by atoms with Crippen molar-refractivity contribution >= 4 is 23.0 Å². The highest BCUT2D eigenvalue weighted by Gasteiger charge is 2.35. The first-order valence-corrected chi connectivity index (χ1v) is 13.4. The zero-order valence-corrected chi connectivity index (χ0v) is 21.4. The van der Waals surface area contributed by atoms with Crippen LogP contribution in [-0.2, 0) is 13.0 Å². The first-order valence-electron chi connectivity index (χ1n) is 13.4. The molecule has 1 atom stereocenters. The molecule has 194 valence electrons. The van der Waals surface area contributed by atoms with Crippen LogP contribution in [0, 0.1) is 6.92 Å². The number of fused-ring (bicyclic) bond motifs is 2. The Morgan fingerprint density at radius 3 is 2.76 bits per heavy atom. The molecule has 2 fully saturated rings. The van der Waals surface area contributed by atoms with E-state index in [1.165, 1.54) is 5.56 Å². The lowest BCUT2D eigenvalue weighted by Crippen LogP contribution is -2.37. The SMILES string of the molecule is Cc1c[nH]c2ncc(-c3cc4c(c([C@@H]5CCCN5C(=O)O)c3)CN(C(=O)c3cnn(C5CC5)c3)CC4)cc12. The van der Waals surface area contributed by atoms with Crippen molar-refractivity contribution in [2.24, 2.45) is 0 Å². The summed E-state index contributed by atoms with van der Waals surface area (Å²) in [4.78, 5) is 36.8. The van der Waals surface area contributed by atoms with Crippen LogP contribution in [0.3, 0.4) is 0 Å². The van der Waals surface area contributed by atoms with Crippen LogP contribution in [0.4, 0.5) is 4.79 Å². The number of aryl methyl sites for hydroxylation is 1. The molecule has 2 amide bonds. The van der Waals surface area contributed by atoms with Gasteiger partial charge in [-0.15, -0.1) is 0 Å². The van der Waals surface area contributed by atoms with Crippen LogP contribution < -0.4 is 0 Å². The van der Waals surface area contributed by atoms with Gasteiger partial charge in [-0.1, -0.05) is 6.07 Å². The number of nitrogens with one attached hydrogen (secondary N) is 1. The standard InChI is InChI=1S/C29H30N6O3/c1-17-12-30-27-23(17)11-20(13-31-27)19-9-18-6-8-33(28(36)21-14-32-35(15-21)22-4-5-22)16-25(18)24(10-19)26-3-2-7-34(26)29(37)38/h9-15,22,26H,2-8,16H2,1H3,(H,30,31)(H,37,38)/t26-/m0/s1. The Bertz CT molecular complexity index is 1580. The van der Waals surface area contributed by atoms with Gasteiger partial charge in [-0.2, -0.15) is 5.10 Å². The molecule has 2 aliphatic heterocycles. The highest BCUT2D eigenvalue weighted by atomic mass is 16.4. The van der Waals surface area contributed by atoms with Gasteiger partial charge in [0.1, 0.15) is 5.65 Å². The molecule has 0 bridgehead atoms. The minimum absolute atomic E-state index is 0.0170. The Balaban J connectivity index is 1.28. The number of pyridine rings is 1. The van der Waals surface area contributed by atoms with Gasteiger partial charge < -0.3 is 19.9 Å². The monoisotopic (exact) mass is 510 g/mol. The second-order valence-electron chi connectivity index (χ2n) is 10.8. The largest absolute Gasteiger partial charge is 0.465 e. The molecule has 1 saturated carbocycles. The summed E-state index contributed by atoms with van der Waals surface area (Å²) in [5.41, 5.74) is 7.93. The lowest BCUT2D eigenvalue weighted by Gasteiger charge is -2.33. The van der Waals surface area contributed by atoms with Gasteiger partial charge in [0.15, 0.2) is 0 Å². The fourth-order valence-electron chi connectivity index (χ4n) is 6.12. The van der Waals surface area contributed by atoms with E-state index in [2.05, 4.69) is 40.2 Å². The average Bonchev–Trinajstić information content (AvgIpc) is 3.30. The van der Waals surface area contributed by atoms with Gasteiger partial charge in [-0.05, 0) is 79.0 Å². The number of carbonyl (C=O) groups is 2. The zero-order valence-electron chi connectivity index (χ0n) is 21.4. The smallest absolute Gasteiger partial charge is 0.407 e. The summed E-state index contributed by atoms with van der Waals surface area (Å²) in [6.07, 6.45) is 11.0. The molecule has 3 aliphatic rings. The number of likely N-dealkylation sites (tertiary alicyclic amines) is 1. The van der Waals surface area contributed by atoms with Gasteiger partial charge in [0.05, 0.1) is 23.8 Å².